The highest BCUT2D eigenvalue weighted by atomic mass is 79.9. The predicted molar refractivity (Wildman–Crippen MR) is 62.5 cm³/mol. The molecule has 74 valence electrons. The van der Waals surface area contributed by atoms with Gasteiger partial charge in [0.2, 0.25) is 0 Å². The van der Waals surface area contributed by atoms with Crippen molar-refractivity contribution in [1.82, 2.24) is 4.98 Å². The Kier molecular flexibility index (Phi) is 1.72. The first-order chi connectivity index (χ1) is 7.25. The zero-order valence-corrected chi connectivity index (χ0v) is 9.63. The predicted octanol–water partition coefficient (Wildman–Crippen LogP) is 3.49. The lowest BCUT2D eigenvalue weighted by Crippen LogP contribution is -2.00. The number of nitriles is 1. The Morgan fingerprint density at radius 3 is 2.87 bits per heavy atom. The number of aromatic nitrogens is 1. The van der Waals surface area contributed by atoms with E-state index in [4.69, 9.17) is 5.26 Å². The fourth-order valence-electron chi connectivity index (χ4n) is 2.06. The molecule has 0 saturated heterocycles. The molecule has 1 aliphatic carbocycles. The van der Waals surface area contributed by atoms with Gasteiger partial charge in [-0.15, -0.1) is 0 Å². The van der Waals surface area contributed by atoms with Gasteiger partial charge in [-0.1, -0.05) is 22.0 Å². The van der Waals surface area contributed by atoms with Crippen molar-refractivity contribution in [2.45, 2.75) is 18.3 Å². The number of hydrogen-bond acceptors (Lipinski definition) is 1. The minimum Gasteiger partial charge on any atom is -0.361 e. The smallest absolute Gasteiger partial charge is 0.0844 e. The zero-order valence-electron chi connectivity index (χ0n) is 8.05. The van der Waals surface area contributed by atoms with Crippen LogP contribution >= 0.6 is 15.9 Å². The number of fused-ring (bicyclic) bond motifs is 1. The van der Waals surface area contributed by atoms with Crippen LogP contribution in [0, 0.1) is 11.3 Å². The number of rotatable bonds is 1. The average molecular weight is 261 g/mol. The van der Waals surface area contributed by atoms with Crippen LogP contribution in [-0.4, -0.2) is 4.98 Å². The molecule has 0 radical (unpaired) electrons. The van der Waals surface area contributed by atoms with Gasteiger partial charge in [0.05, 0.1) is 11.5 Å². The molecule has 0 amide bonds. The second-order valence-electron chi connectivity index (χ2n) is 4.09. The largest absolute Gasteiger partial charge is 0.361 e. The molecule has 0 spiro atoms. The number of halogens is 1. The fraction of sp³-hybridized carbons (Fsp3) is 0.250. The van der Waals surface area contributed by atoms with Crippen molar-refractivity contribution in [1.29, 1.82) is 5.26 Å². The van der Waals surface area contributed by atoms with Crippen LogP contribution in [0.5, 0.6) is 0 Å². The van der Waals surface area contributed by atoms with E-state index in [0.29, 0.717) is 0 Å². The van der Waals surface area contributed by atoms with Gasteiger partial charge < -0.3 is 4.98 Å². The Labute approximate surface area is 96.0 Å². The van der Waals surface area contributed by atoms with Crippen LogP contribution in [0.25, 0.3) is 10.9 Å². The SMILES string of the molecule is N#CC1(c2c[nH]c3cc(Br)ccc23)CC1. The maximum absolute atomic E-state index is 9.17. The summed E-state index contributed by atoms with van der Waals surface area (Å²) in [4.78, 5) is 3.23. The maximum Gasteiger partial charge on any atom is 0.0844 e. The fourth-order valence-corrected chi connectivity index (χ4v) is 2.42. The third-order valence-corrected chi connectivity index (χ3v) is 3.62. The van der Waals surface area contributed by atoms with Gasteiger partial charge in [0.15, 0.2) is 0 Å². The van der Waals surface area contributed by atoms with Crippen molar-refractivity contribution in [3.63, 3.8) is 0 Å². The van der Waals surface area contributed by atoms with Crippen LogP contribution in [0.3, 0.4) is 0 Å². The summed E-state index contributed by atoms with van der Waals surface area (Å²) in [6.45, 7) is 0. The van der Waals surface area contributed by atoms with Crippen molar-refractivity contribution < 1.29 is 0 Å². The van der Waals surface area contributed by atoms with Gasteiger partial charge >= 0.3 is 0 Å². The quantitative estimate of drug-likeness (QED) is 0.838. The molecule has 0 bridgehead atoms. The molecule has 15 heavy (non-hydrogen) atoms. The summed E-state index contributed by atoms with van der Waals surface area (Å²) in [6.07, 6.45) is 3.96. The number of aromatic amines is 1. The van der Waals surface area contributed by atoms with E-state index in [1.165, 1.54) is 5.39 Å². The van der Waals surface area contributed by atoms with Crippen LogP contribution in [0.15, 0.2) is 28.9 Å². The van der Waals surface area contributed by atoms with Gasteiger partial charge in [0.25, 0.3) is 0 Å². The first-order valence-electron chi connectivity index (χ1n) is 4.94. The Morgan fingerprint density at radius 1 is 1.40 bits per heavy atom. The van der Waals surface area contributed by atoms with Crippen LogP contribution in [-0.2, 0) is 5.41 Å². The molecular weight excluding hydrogens is 252 g/mol. The lowest BCUT2D eigenvalue weighted by atomic mass is 9.97. The third-order valence-electron chi connectivity index (χ3n) is 3.12. The molecule has 0 atom stereocenters. The minimum absolute atomic E-state index is 0.202. The molecule has 1 aromatic carbocycles. The first kappa shape index (κ1) is 8.99. The molecule has 1 saturated carbocycles. The summed E-state index contributed by atoms with van der Waals surface area (Å²) in [5.74, 6) is 0. The Bertz CT molecular complexity index is 573. The summed E-state index contributed by atoms with van der Waals surface area (Å²) in [5, 5.41) is 10.3. The van der Waals surface area contributed by atoms with E-state index in [1.54, 1.807) is 0 Å². The molecule has 2 aromatic rings. The number of H-pyrrole nitrogens is 1. The van der Waals surface area contributed by atoms with Gasteiger partial charge in [-0.3, -0.25) is 0 Å². The van der Waals surface area contributed by atoms with E-state index in [2.05, 4.69) is 33.0 Å². The van der Waals surface area contributed by atoms with Gasteiger partial charge in [0.1, 0.15) is 0 Å². The van der Waals surface area contributed by atoms with Gasteiger partial charge in [-0.25, -0.2) is 0 Å². The monoisotopic (exact) mass is 260 g/mol. The summed E-state index contributed by atoms with van der Waals surface area (Å²) in [7, 11) is 0. The Balaban J connectivity index is 2.26. The molecular formula is C12H9BrN2. The summed E-state index contributed by atoms with van der Waals surface area (Å²) < 4.78 is 1.06. The molecule has 1 fully saturated rings. The topological polar surface area (TPSA) is 39.6 Å². The van der Waals surface area contributed by atoms with E-state index in [0.717, 1.165) is 28.4 Å². The molecule has 1 N–H and O–H groups in total. The summed E-state index contributed by atoms with van der Waals surface area (Å²) >= 11 is 3.44. The van der Waals surface area contributed by atoms with Crippen molar-refractivity contribution in [2.24, 2.45) is 0 Å². The number of benzene rings is 1. The van der Waals surface area contributed by atoms with Crippen molar-refractivity contribution in [3.8, 4) is 6.07 Å². The molecule has 3 rings (SSSR count). The second kappa shape index (κ2) is 2.86. The first-order valence-corrected chi connectivity index (χ1v) is 5.73. The molecule has 3 heteroatoms. The van der Waals surface area contributed by atoms with Crippen LogP contribution in [0.2, 0.25) is 0 Å². The standard InChI is InChI=1S/C12H9BrN2/c13-8-1-2-9-10(6-15-11(9)5-8)12(7-14)3-4-12/h1-2,5-6,15H,3-4H2. The highest BCUT2D eigenvalue weighted by molar-refractivity contribution is 9.10. The minimum atomic E-state index is -0.202. The summed E-state index contributed by atoms with van der Waals surface area (Å²) in [5.41, 5.74) is 2.06. The van der Waals surface area contributed by atoms with Crippen LogP contribution in [0.4, 0.5) is 0 Å². The molecule has 0 aliphatic heterocycles. The van der Waals surface area contributed by atoms with E-state index < -0.39 is 0 Å². The Morgan fingerprint density at radius 2 is 2.20 bits per heavy atom. The van der Waals surface area contributed by atoms with E-state index in [1.807, 2.05) is 18.3 Å². The molecule has 0 unspecified atom stereocenters. The van der Waals surface area contributed by atoms with Gasteiger partial charge in [0, 0.05) is 21.6 Å². The second-order valence-corrected chi connectivity index (χ2v) is 5.00. The molecule has 2 nitrogen and oxygen atoms in total. The number of nitrogens with one attached hydrogen (secondary N) is 1. The van der Waals surface area contributed by atoms with E-state index in [9.17, 15) is 0 Å². The van der Waals surface area contributed by atoms with Crippen molar-refractivity contribution in [2.75, 3.05) is 0 Å². The van der Waals surface area contributed by atoms with Crippen molar-refractivity contribution >= 4 is 26.8 Å². The van der Waals surface area contributed by atoms with E-state index >= 15 is 0 Å². The maximum atomic E-state index is 9.17. The zero-order chi connectivity index (χ0) is 10.5. The summed E-state index contributed by atoms with van der Waals surface area (Å²) in [6, 6.07) is 8.57. The van der Waals surface area contributed by atoms with Crippen LogP contribution in [0.1, 0.15) is 18.4 Å². The number of nitrogens with zero attached hydrogens (tertiary/aromatic N) is 1. The molecule has 1 aliphatic rings. The average Bonchev–Trinajstić information content (AvgIpc) is 2.93. The Hall–Kier alpha value is -1.27. The van der Waals surface area contributed by atoms with Gasteiger partial charge in [-0.05, 0) is 30.5 Å². The number of hydrogen-bond donors (Lipinski definition) is 1. The lowest BCUT2D eigenvalue weighted by molar-refractivity contribution is 0.919. The normalized spacial score (nSPS) is 17.6. The highest BCUT2D eigenvalue weighted by Gasteiger charge is 2.46. The molecule has 1 aromatic heterocycles. The highest BCUT2D eigenvalue weighted by Crippen LogP contribution is 2.49. The van der Waals surface area contributed by atoms with Gasteiger partial charge in [-0.2, -0.15) is 5.26 Å². The van der Waals surface area contributed by atoms with Crippen molar-refractivity contribution in [3.05, 3.63) is 34.4 Å². The van der Waals surface area contributed by atoms with E-state index in [-0.39, 0.29) is 5.41 Å². The lowest BCUT2D eigenvalue weighted by Gasteiger charge is -2.02. The molecule has 1 heterocycles. The third kappa shape index (κ3) is 1.22. The van der Waals surface area contributed by atoms with Crippen LogP contribution < -0.4 is 0 Å².